The fourth-order valence-corrected chi connectivity index (χ4v) is 4.43. The summed E-state index contributed by atoms with van der Waals surface area (Å²) in [6.45, 7) is 2.23. The average Bonchev–Trinajstić information content (AvgIpc) is 2.73. The Kier molecular flexibility index (Phi) is 14.2. The van der Waals surface area contributed by atoms with Crippen molar-refractivity contribution in [2.24, 2.45) is 0 Å². The van der Waals surface area contributed by atoms with E-state index in [1.807, 2.05) is 0 Å². The fraction of sp³-hybridized carbons (Fsp3) is 0.520. The van der Waals surface area contributed by atoms with Crippen molar-refractivity contribution in [3.63, 3.8) is 0 Å². The monoisotopic (exact) mass is 470 g/mol. The van der Waals surface area contributed by atoms with Gasteiger partial charge in [-0.15, -0.1) is 0 Å². The van der Waals surface area contributed by atoms with Crippen molar-refractivity contribution in [1.82, 2.24) is 0 Å². The van der Waals surface area contributed by atoms with E-state index in [0.29, 0.717) is 17.7 Å². The van der Waals surface area contributed by atoms with Crippen LogP contribution in [0.5, 0.6) is 17.2 Å². The molecule has 2 rings (SSSR count). The van der Waals surface area contributed by atoms with Gasteiger partial charge in [0.05, 0.1) is 0 Å². The third kappa shape index (κ3) is 10.3. The molecular formula is C25H35NaO5S. The third-order valence-corrected chi connectivity index (χ3v) is 6.34. The maximum atomic E-state index is 12.7. The minimum atomic E-state index is -4.70. The Balaban J connectivity index is 0.00000512. The van der Waals surface area contributed by atoms with Crippen molar-refractivity contribution in [1.29, 1.82) is 0 Å². The molecule has 2 aromatic rings. The normalized spacial score (nSPS) is 11.2. The molecule has 0 unspecified atom stereocenters. The molecule has 2 aromatic carbocycles. The summed E-state index contributed by atoms with van der Waals surface area (Å²) < 4.78 is 38.9. The molecule has 0 fully saturated rings. The first-order chi connectivity index (χ1) is 14.9. The molecule has 5 nitrogen and oxygen atoms in total. The number of para-hydroxylation sites is 1. The molecule has 0 heterocycles. The topological polar surface area (TPSA) is 86.7 Å². The second kappa shape index (κ2) is 15.7. The van der Waals surface area contributed by atoms with Crippen LogP contribution in [0.3, 0.4) is 0 Å². The number of benzene rings is 2. The van der Waals surface area contributed by atoms with Gasteiger partial charge in [-0.25, -0.2) is 0 Å². The smallest absolute Gasteiger partial charge is 0.871 e. The van der Waals surface area contributed by atoms with Crippen LogP contribution in [-0.2, 0) is 16.5 Å². The number of hydrogen-bond acceptors (Lipinski definition) is 4. The minimum Gasteiger partial charge on any atom is -0.871 e. The first kappa shape index (κ1) is 29.0. The van der Waals surface area contributed by atoms with Gasteiger partial charge in [-0.05, 0) is 31.0 Å². The van der Waals surface area contributed by atoms with E-state index in [0.717, 1.165) is 19.3 Å². The molecule has 0 aromatic heterocycles. The molecule has 0 atom stereocenters. The molecule has 0 aliphatic carbocycles. The van der Waals surface area contributed by atoms with Gasteiger partial charge in [-0.2, -0.15) is 8.42 Å². The van der Waals surface area contributed by atoms with E-state index in [4.69, 9.17) is 4.74 Å². The number of ether oxygens (including phenoxy) is 1. The van der Waals surface area contributed by atoms with Crippen LogP contribution in [0.1, 0.15) is 83.1 Å². The minimum absolute atomic E-state index is 0. The van der Waals surface area contributed by atoms with Crippen LogP contribution in [0.25, 0.3) is 0 Å². The van der Waals surface area contributed by atoms with Gasteiger partial charge in [-0.1, -0.05) is 107 Å². The number of unbranched alkanes of at least 4 members (excludes halogenated alkanes) is 10. The summed E-state index contributed by atoms with van der Waals surface area (Å²) in [6, 6.07) is 11.6. The Hall–Kier alpha value is -1.05. The number of hydrogen-bond donors (Lipinski definition) is 1. The molecule has 7 heteroatoms. The van der Waals surface area contributed by atoms with Gasteiger partial charge < -0.3 is 9.84 Å². The van der Waals surface area contributed by atoms with Gasteiger partial charge in [0, 0.05) is 0 Å². The van der Waals surface area contributed by atoms with Crippen LogP contribution in [0.15, 0.2) is 47.4 Å². The molecule has 0 amide bonds. The van der Waals surface area contributed by atoms with Crippen LogP contribution in [0.4, 0.5) is 0 Å². The summed E-state index contributed by atoms with van der Waals surface area (Å²) in [6.07, 6.45) is 13.7. The summed E-state index contributed by atoms with van der Waals surface area (Å²) in [7, 11) is -4.70. The van der Waals surface area contributed by atoms with E-state index < -0.39 is 20.8 Å². The summed E-state index contributed by atoms with van der Waals surface area (Å²) >= 11 is 0. The number of aryl methyl sites for hydroxylation is 1. The number of rotatable bonds is 15. The molecule has 0 radical (unpaired) electrons. The molecule has 0 bridgehead atoms. The zero-order chi connectivity index (χ0) is 22.5. The van der Waals surface area contributed by atoms with Gasteiger partial charge in [0.2, 0.25) is 0 Å². The first-order valence-electron chi connectivity index (χ1n) is 11.5. The van der Waals surface area contributed by atoms with Crippen molar-refractivity contribution in [2.45, 2.75) is 88.9 Å². The van der Waals surface area contributed by atoms with E-state index in [-0.39, 0.29) is 35.3 Å². The molecule has 0 saturated carbocycles. The second-order valence-corrected chi connectivity index (χ2v) is 9.42. The Morgan fingerprint density at radius 3 is 1.88 bits per heavy atom. The Bertz CT molecular complexity index is 885. The molecular weight excluding hydrogens is 435 g/mol. The van der Waals surface area contributed by atoms with Crippen molar-refractivity contribution >= 4 is 10.1 Å². The Morgan fingerprint density at radius 1 is 0.812 bits per heavy atom. The summed E-state index contributed by atoms with van der Waals surface area (Å²) in [4.78, 5) is -0.683. The van der Waals surface area contributed by atoms with E-state index in [2.05, 4.69) is 6.92 Å². The van der Waals surface area contributed by atoms with E-state index in [1.165, 1.54) is 57.4 Å². The SMILES string of the molecule is CCCCCCCCCCCCCc1ccc(Oc2ccccc2)c(S(=O)(=O)O)c1[O-].[Na+]. The predicted octanol–water partition coefficient (Wildman–Crippen LogP) is 3.66. The maximum Gasteiger partial charge on any atom is 1.00 e. The van der Waals surface area contributed by atoms with Crippen LogP contribution in [0, 0.1) is 0 Å². The van der Waals surface area contributed by atoms with Crippen molar-refractivity contribution in [2.75, 3.05) is 0 Å². The molecule has 32 heavy (non-hydrogen) atoms. The van der Waals surface area contributed by atoms with Gasteiger partial charge in [-0.3, -0.25) is 4.55 Å². The maximum absolute atomic E-state index is 12.7. The third-order valence-electron chi connectivity index (χ3n) is 5.44. The van der Waals surface area contributed by atoms with Crippen LogP contribution in [0.2, 0.25) is 0 Å². The van der Waals surface area contributed by atoms with Crippen molar-refractivity contribution in [3.8, 4) is 17.2 Å². The first-order valence-corrected chi connectivity index (χ1v) is 12.9. The van der Waals surface area contributed by atoms with Gasteiger partial charge >= 0.3 is 29.6 Å². The fourth-order valence-electron chi connectivity index (χ4n) is 3.70. The van der Waals surface area contributed by atoms with E-state index in [9.17, 15) is 18.1 Å². The molecule has 0 spiro atoms. The summed E-state index contributed by atoms with van der Waals surface area (Å²) in [5.74, 6) is -0.436. The standard InChI is InChI=1S/C25H36O5S.Na/c1-2-3-4-5-6-7-8-9-10-11-13-16-21-19-20-23(25(24(21)26)31(27,28)29)30-22-17-14-12-15-18-22;/h12,14-15,17-20,26H,2-11,13,16H2,1H3,(H,27,28,29);/q;+1/p-1. The van der Waals surface area contributed by atoms with Gasteiger partial charge in [0.25, 0.3) is 10.1 Å². The van der Waals surface area contributed by atoms with Crippen LogP contribution >= 0.6 is 0 Å². The molecule has 172 valence electrons. The van der Waals surface area contributed by atoms with Crippen LogP contribution in [-0.4, -0.2) is 13.0 Å². The summed E-state index contributed by atoms with van der Waals surface area (Å²) in [5, 5.41) is 12.7. The van der Waals surface area contributed by atoms with Gasteiger partial charge in [0.15, 0.2) is 0 Å². The largest absolute Gasteiger partial charge is 1.00 e. The zero-order valence-electron chi connectivity index (χ0n) is 19.5. The summed E-state index contributed by atoms with van der Waals surface area (Å²) in [5.41, 5.74) is 0.393. The second-order valence-electron chi connectivity index (χ2n) is 8.06. The Labute approximate surface area is 215 Å². The van der Waals surface area contributed by atoms with Gasteiger partial charge in [0.1, 0.15) is 16.4 Å². The zero-order valence-corrected chi connectivity index (χ0v) is 22.3. The average molecular weight is 471 g/mol. The molecule has 0 aliphatic rings. The van der Waals surface area contributed by atoms with E-state index in [1.54, 1.807) is 36.4 Å². The van der Waals surface area contributed by atoms with Crippen LogP contribution < -0.4 is 39.4 Å². The van der Waals surface area contributed by atoms with Crippen molar-refractivity contribution < 1.29 is 52.4 Å². The molecule has 1 N–H and O–H groups in total. The van der Waals surface area contributed by atoms with E-state index >= 15 is 0 Å². The van der Waals surface area contributed by atoms with Crippen molar-refractivity contribution in [3.05, 3.63) is 48.0 Å². The molecule has 0 saturated heterocycles. The Morgan fingerprint density at radius 2 is 1.34 bits per heavy atom. The quantitative estimate of drug-likeness (QED) is 0.244. The predicted molar refractivity (Wildman–Crippen MR) is 122 cm³/mol. The molecule has 0 aliphatic heterocycles.